The maximum atomic E-state index is 13.2. The highest BCUT2D eigenvalue weighted by Crippen LogP contribution is 2.35. The summed E-state index contributed by atoms with van der Waals surface area (Å²) in [6.45, 7) is 5.60. The van der Waals surface area contributed by atoms with Gasteiger partial charge in [0.05, 0.1) is 18.2 Å². The number of unbranched alkanes of at least 4 members (excludes halogenated alkanes) is 3. The Hall–Kier alpha value is -1.27. The van der Waals surface area contributed by atoms with Crippen molar-refractivity contribution in [3.05, 3.63) is 0 Å². The van der Waals surface area contributed by atoms with Gasteiger partial charge in [0, 0.05) is 26.3 Å². The zero-order valence-corrected chi connectivity index (χ0v) is 18.7. The van der Waals surface area contributed by atoms with Gasteiger partial charge in [-0.1, -0.05) is 26.2 Å². The topological polar surface area (TPSA) is 81.2 Å². The fourth-order valence-electron chi connectivity index (χ4n) is 5.22. The zero-order valence-electron chi connectivity index (χ0n) is 18.7. The van der Waals surface area contributed by atoms with Gasteiger partial charge in [0.1, 0.15) is 11.8 Å². The first kappa shape index (κ1) is 23.9. The Balaban J connectivity index is 1.47. The summed E-state index contributed by atoms with van der Waals surface area (Å²) in [4.78, 5) is 21.0. The molecule has 3 N–H and O–H groups in total. The maximum absolute atomic E-state index is 13.2. The van der Waals surface area contributed by atoms with Gasteiger partial charge in [-0.15, -0.1) is 0 Å². The molecule has 0 aromatic heterocycles. The molecule has 32 heavy (non-hydrogen) atoms. The van der Waals surface area contributed by atoms with E-state index in [1.807, 2.05) is 0 Å². The zero-order chi connectivity index (χ0) is 22.7. The molecule has 0 aromatic carbocycles. The first-order valence-corrected chi connectivity index (χ1v) is 12.0. The molecule has 0 amide bonds. The van der Waals surface area contributed by atoms with Crippen LogP contribution in [0.1, 0.15) is 58.3 Å². The van der Waals surface area contributed by atoms with Crippen LogP contribution in [0.2, 0.25) is 0 Å². The molecule has 5 unspecified atom stereocenters. The van der Waals surface area contributed by atoms with Crippen LogP contribution in [0, 0.1) is 0 Å². The summed E-state index contributed by atoms with van der Waals surface area (Å²) in [5.74, 6) is -0.702. The smallest absolute Gasteiger partial charge is 0.410 e. The SMILES string of the molecule is CCCCCCN1C2CCC(C(F)(F)F)N=C2C(=O)OC1C1CCC(N2CCNC2)NN1. The van der Waals surface area contributed by atoms with E-state index in [-0.39, 0.29) is 30.8 Å². The van der Waals surface area contributed by atoms with Crippen molar-refractivity contribution in [2.75, 3.05) is 26.3 Å². The molecule has 8 nitrogen and oxygen atoms in total. The molecular weight excluding hydrogens is 425 g/mol. The van der Waals surface area contributed by atoms with Crippen LogP contribution in [0.5, 0.6) is 0 Å². The lowest BCUT2D eigenvalue weighted by atomic mass is 9.92. The van der Waals surface area contributed by atoms with Crippen molar-refractivity contribution in [1.29, 1.82) is 0 Å². The van der Waals surface area contributed by atoms with Crippen LogP contribution in [0.15, 0.2) is 4.99 Å². The fraction of sp³-hybridized carbons (Fsp3) is 0.905. The van der Waals surface area contributed by atoms with Crippen LogP contribution < -0.4 is 16.2 Å². The molecule has 11 heteroatoms. The average Bonchev–Trinajstić information content (AvgIpc) is 3.32. The molecule has 182 valence electrons. The quantitative estimate of drug-likeness (QED) is 0.394. The van der Waals surface area contributed by atoms with Crippen molar-refractivity contribution >= 4 is 11.7 Å². The van der Waals surface area contributed by atoms with E-state index in [9.17, 15) is 18.0 Å². The Bertz CT molecular complexity index is 677. The highest BCUT2D eigenvalue weighted by molar-refractivity contribution is 6.39. The number of ether oxygens (including phenoxy) is 1. The summed E-state index contributed by atoms with van der Waals surface area (Å²) >= 11 is 0. The van der Waals surface area contributed by atoms with E-state index >= 15 is 0 Å². The Morgan fingerprint density at radius 2 is 1.97 bits per heavy atom. The Labute approximate surface area is 187 Å². The molecule has 0 aromatic rings. The van der Waals surface area contributed by atoms with Gasteiger partial charge in [0.15, 0.2) is 6.23 Å². The summed E-state index contributed by atoms with van der Waals surface area (Å²) in [6.07, 6.45) is 1.30. The number of hydrazine groups is 1. The van der Waals surface area contributed by atoms with Gasteiger partial charge >= 0.3 is 12.1 Å². The summed E-state index contributed by atoms with van der Waals surface area (Å²) < 4.78 is 45.5. The molecule has 0 saturated carbocycles. The van der Waals surface area contributed by atoms with E-state index in [2.05, 4.69) is 37.9 Å². The summed E-state index contributed by atoms with van der Waals surface area (Å²) in [7, 11) is 0. The van der Waals surface area contributed by atoms with Crippen molar-refractivity contribution in [3.63, 3.8) is 0 Å². The molecular formula is C21H35F3N6O2. The Morgan fingerprint density at radius 3 is 2.62 bits per heavy atom. The molecule has 4 heterocycles. The number of fused-ring (bicyclic) bond motifs is 1. The number of alkyl halides is 3. The normalized spacial score (nSPS) is 34.8. The third-order valence-electron chi connectivity index (χ3n) is 7.00. The Morgan fingerprint density at radius 1 is 1.12 bits per heavy atom. The number of halogens is 3. The number of rotatable bonds is 7. The number of cyclic esters (lactones) is 1. The lowest BCUT2D eigenvalue weighted by Gasteiger charge is -2.48. The van der Waals surface area contributed by atoms with E-state index in [1.54, 1.807) is 0 Å². The van der Waals surface area contributed by atoms with E-state index in [0.717, 1.165) is 58.3 Å². The highest BCUT2D eigenvalue weighted by atomic mass is 19.4. The highest BCUT2D eigenvalue weighted by Gasteiger charge is 2.50. The first-order chi connectivity index (χ1) is 15.4. The molecule has 4 rings (SSSR count). The number of carbonyl (C=O) groups is 1. The first-order valence-electron chi connectivity index (χ1n) is 12.0. The lowest BCUT2D eigenvalue weighted by molar-refractivity contribution is -0.170. The van der Waals surface area contributed by atoms with Crippen LogP contribution in [0.3, 0.4) is 0 Å². The van der Waals surface area contributed by atoms with E-state index in [1.165, 1.54) is 0 Å². The van der Waals surface area contributed by atoms with Crippen LogP contribution in [-0.2, 0) is 9.53 Å². The number of aliphatic imine (C=N–C) groups is 1. The van der Waals surface area contributed by atoms with Crippen molar-refractivity contribution in [1.82, 2.24) is 26.0 Å². The molecule has 3 saturated heterocycles. The molecule has 0 aliphatic carbocycles. The molecule has 4 aliphatic rings. The van der Waals surface area contributed by atoms with Crippen molar-refractivity contribution in [3.8, 4) is 0 Å². The number of esters is 1. The van der Waals surface area contributed by atoms with Gasteiger partial charge in [-0.25, -0.2) is 15.6 Å². The number of hydrogen-bond donors (Lipinski definition) is 3. The minimum Gasteiger partial charge on any atom is -0.440 e. The standard InChI is InChI=1S/C21H35F3N6O2/c1-2-3-4-5-11-30-15-7-8-16(21(22,23)24)26-18(15)20(31)32-19(30)14-6-9-17(28-27-14)29-12-10-25-13-29/h14-17,19,25,27-28H,2-13H2,1H3. The van der Waals surface area contributed by atoms with Gasteiger partial charge in [-0.05, 0) is 32.1 Å². The minimum absolute atomic E-state index is 0.0601. The maximum Gasteiger partial charge on any atom is 0.410 e. The largest absolute Gasteiger partial charge is 0.440 e. The van der Waals surface area contributed by atoms with E-state index in [4.69, 9.17) is 4.74 Å². The molecule has 5 atom stereocenters. The third kappa shape index (κ3) is 5.27. The predicted molar refractivity (Wildman–Crippen MR) is 114 cm³/mol. The van der Waals surface area contributed by atoms with Crippen molar-refractivity contribution < 1.29 is 22.7 Å². The number of carbonyl (C=O) groups excluding carboxylic acids is 1. The van der Waals surface area contributed by atoms with Crippen molar-refractivity contribution in [2.45, 2.75) is 95.0 Å². The van der Waals surface area contributed by atoms with Gasteiger partial charge < -0.3 is 10.1 Å². The van der Waals surface area contributed by atoms with Gasteiger partial charge in [0.25, 0.3) is 0 Å². The summed E-state index contributed by atoms with van der Waals surface area (Å²) in [6, 6.07) is -2.35. The van der Waals surface area contributed by atoms with Gasteiger partial charge in [-0.3, -0.25) is 14.8 Å². The second-order valence-corrected chi connectivity index (χ2v) is 9.22. The van der Waals surface area contributed by atoms with E-state index < -0.39 is 30.5 Å². The molecule has 0 radical (unpaired) electrons. The lowest BCUT2D eigenvalue weighted by Crippen LogP contribution is -2.68. The fourth-order valence-corrected chi connectivity index (χ4v) is 5.22. The van der Waals surface area contributed by atoms with Crippen LogP contribution in [-0.4, -0.2) is 84.5 Å². The third-order valence-corrected chi connectivity index (χ3v) is 7.00. The molecule has 0 bridgehead atoms. The van der Waals surface area contributed by atoms with Gasteiger partial charge in [0.2, 0.25) is 0 Å². The predicted octanol–water partition coefficient (Wildman–Crippen LogP) is 1.73. The summed E-state index contributed by atoms with van der Waals surface area (Å²) in [5.41, 5.74) is 6.64. The monoisotopic (exact) mass is 460 g/mol. The number of hydrogen-bond acceptors (Lipinski definition) is 8. The number of nitrogens with one attached hydrogen (secondary N) is 3. The molecule has 4 aliphatic heterocycles. The second-order valence-electron chi connectivity index (χ2n) is 9.22. The van der Waals surface area contributed by atoms with Crippen molar-refractivity contribution in [2.24, 2.45) is 4.99 Å². The molecule has 0 spiro atoms. The Kier molecular flexibility index (Phi) is 7.71. The van der Waals surface area contributed by atoms with Crippen LogP contribution in [0.4, 0.5) is 13.2 Å². The summed E-state index contributed by atoms with van der Waals surface area (Å²) in [5, 5.41) is 3.32. The van der Waals surface area contributed by atoms with Gasteiger partial charge in [-0.2, -0.15) is 13.2 Å². The number of nitrogens with zero attached hydrogens (tertiary/aromatic N) is 3. The van der Waals surface area contributed by atoms with Crippen LogP contribution >= 0.6 is 0 Å². The minimum atomic E-state index is -4.44. The van der Waals surface area contributed by atoms with Crippen LogP contribution in [0.25, 0.3) is 0 Å². The second kappa shape index (κ2) is 10.3. The molecule has 3 fully saturated rings. The van der Waals surface area contributed by atoms with E-state index in [0.29, 0.717) is 6.54 Å². The average molecular weight is 461 g/mol.